The lowest BCUT2D eigenvalue weighted by Gasteiger charge is -2.32. The molecular formula is C14H17N3O4. The van der Waals surface area contributed by atoms with Crippen molar-refractivity contribution in [2.75, 3.05) is 30.4 Å². The van der Waals surface area contributed by atoms with E-state index < -0.39 is 17.9 Å². The lowest BCUT2D eigenvalue weighted by Crippen LogP contribution is -2.49. The molecule has 2 N–H and O–H groups in total. The van der Waals surface area contributed by atoms with Crippen molar-refractivity contribution in [2.45, 2.75) is 6.92 Å². The molecule has 0 fully saturated rings. The third-order valence-electron chi connectivity index (χ3n) is 3.30. The molecule has 112 valence electrons. The quantitative estimate of drug-likeness (QED) is 0.876. The monoisotopic (exact) mass is 291 g/mol. The van der Waals surface area contributed by atoms with Gasteiger partial charge in [0.15, 0.2) is 0 Å². The van der Waals surface area contributed by atoms with Crippen LogP contribution in [0.4, 0.5) is 16.2 Å². The predicted octanol–water partition coefficient (Wildman–Crippen LogP) is 1.22. The van der Waals surface area contributed by atoms with Crippen molar-refractivity contribution in [3.8, 4) is 0 Å². The molecule has 1 aromatic carbocycles. The van der Waals surface area contributed by atoms with Crippen LogP contribution in [0.5, 0.6) is 0 Å². The highest BCUT2D eigenvalue weighted by Crippen LogP contribution is 2.29. The number of anilines is 2. The van der Waals surface area contributed by atoms with Crippen molar-refractivity contribution in [1.29, 1.82) is 0 Å². The second-order valence-electron chi connectivity index (χ2n) is 5.05. The van der Waals surface area contributed by atoms with Crippen LogP contribution in [0.3, 0.4) is 0 Å². The average molecular weight is 291 g/mol. The van der Waals surface area contributed by atoms with Gasteiger partial charge < -0.3 is 15.3 Å². The molecule has 1 unspecified atom stereocenters. The van der Waals surface area contributed by atoms with E-state index in [-0.39, 0.29) is 19.0 Å². The van der Waals surface area contributed by atoms with E-state index in [1.165, 1.54) is 23.8 Å². The van der Waals surface area contributed by atoms with Gasteiger partial charge in [-0.25, -0.2) is 4.79 Å². The van der Waals surface area contributed by atoms with Crippen molar-refractivity contribution in [2.24, 2.45) is 5.92 Å². The highest BCUT2D eigenvalue weighted by Gasteiger charge is 2.29. The first-order valence-corrected chi connectivity index (χ1v) is 6.54. The summed E-state index contributed by atoms with van der Waals surface area (Å²) in [6, 6.07) is 6.60. The van der Waals surface area contributed by atoms with Crippen LogP contribution < -0.4 is 10.2 Å². The van der Waals surface area contributed by atoms with Gasteiger partial charge in [-0.2, -0.15) is 0 Å². The minimum atomic E-state index is -0.966. The van der Waals surface area contributed by atoms with E-state index in [2.05, 4.69) is 5.32 Å². The standard InChI is InChI=1S/C14H17N3O4/c1-9(13(19)20)7-16(2)14(21)17-8-12(18)15-10-5-3-4-6-11(10)17/h3-6,9H,7-8H2,1-2H3,(H,15,18)(H,19,20). The van der Waals surface area contributed by atoms with Crippen LogP contribution in [0, 0.1) is 5.92 Å². The van der Waals surface area contributed by atoms with E-state index in [0.717, 1.165) is 0 Å². The highest BCUT2D eigenvalue weighted by atomic mass is 16.4. The maximum atomic E-state index is 12.4. The molecule has 1 aliphatic heterocycles. The smallest absolute Gasteiger partial charge is 0.324 e. The molecule has 7 nitrogen and oxygen atoms in total. The van der Waals surface area contributed by atoms with Gasteiger partial charge in [-0.1, -0.05) is 19.1 Å². The van der Waals surface area contributed by atoms with E-state index in [9.17, 15) is 14.4 Å². The first-order valence-electron chi connectivity index (χ1n) is 6.54. The molecule has 1 heterocycles. The summed E-state index contributed by atoms with van der Waals surface area (Å²) < 4.78 is 0. The molecule has 3 amide bonds. The van der Waals surface area contributed by atoms with Crippen LogP contribution in [-0.4, -0.2) is 48.1 Å². The van der Waals surface area contributed by atoms with E-state index >= 15 is 0 Å². The van der Waals surface area contributed by atoms with E-state index in [1.54, 1.807) is 24.3 Å². The lowest BCUT2D eigenvalue weighted by atomic mass is 10.1. The highest BCUT2D eigenvalue weighted by molar-refractivity contribution is 6.09. The second kappa shape index (κ2) is 5.82. The van der Waals surface area contributed by atoms with Crippen molar-refractivity contribution in [3.05, 3.63) is 24.3 Å². The van der Waals surface area contributed by atoms with E-state index in [0.29, 0.717) is 11.4 Å². The SMILES string of the molecule is CC(CN(C)C(=O)N1CC(=O)Nc2ccccc21)C(=O)O. The Morgan fingerprint density at radius 2 is 2.10 bits per heavy atom. The van der Waals surface area contributed by atoms with Crippen LogP contribution in [0.15, 0.2) is 24.3 Å². The van der Waals surface area contributed by atoms with Crippen molar-refractivity contribution in [1.82, 2.24) is 4.90 Å². The number of aliphatic carboxylic acids is 1. The largest absolute Gasteiger partial charge is 0.481 e. The number of nitrogens with one attached hydrogen (secondary N) is 1. The first kappa shape index (κ1) is 14.8. The number of rotatable bonds is 3. The number of hydrogen-bond acceptors (Lipinski definition) is 3. The van der Waals surface area contributed by atoms with Crippen LogP contribution in [0.1, 0.15) is 6.92 Å². The molecular weight excluding hydrogens is 274 g/mol. The fourth-order valence-corrected chi connectivity index (χ4v) is 2.18. The molecule has 0 aliphatic carbocycles. The number of benzene rings is 1. The van der Waals surface area contributed by atoms with Crippen molar-refractivity contribution in [3.63, 3.8) is 0 Å². The summed E-state index contributed by atoms with van der Waals surface area (Å²) in [4.78, 5) is 37.7. The molecule has 21 heavy (non-hydrogen) atoms. The van der Waals surface area contributed by atoms with Crippen LogP contribution >= 0.6 is 0 Å². The van der Waals surface area contributed by atoms with Crippen LogP contribution in [-0.2, 0) is 9.59 Å². The van der Waals surface area contributed by atoms with Crippen LogP contribution in [0.2, 0.25) is 0 Å². The topological polar surface area (TPSA) is 90.0 Å². The maximum Gasteiger partial charge on any atom is 0.324 e. The predicted molar refractivity (Wildman–Crippen MR) is 77.2 cm³/mol. The second-order valence-corrected chi connectivity index (χ2v) is 5.05. The van der Waals surface area contributed by atoms with Crippen molar-refractivity contribution >= 4 is 29.3 Å². The number of carboxylic acid groups (broad SMARTS) is 1. The number of carboxylic acids is 1. The molecule has 0 saturated heterocycles. The van der Waals surface area contributed by atoms with E-state index in [1.807, 2.05) is 0 Å². The molecule has 0 aromatic heterocycles. The Labute approximate surface area is 122 Å². The first-order chi connectivity index (χ1) is 9.90. The number of urea groups is 1. The third-order valence-corrected chi connectivity index (χ3v) is 3.30. The number of para-hydroxylation sites is 2. The Bertz CT molecular complexity index is 587. The summed E-state index contributed by atoms with van der Waals surface area (Å²) in [5, 5.41) is 11.6. The summed E-state index contributed by atoms with van der Waals surface area (Å²) in [6.45, 7) is 1.53. The molecule has 2 rings (SSSR count). The molecule has 1 atom stereocenters. The van der Waals surface area contributed by atoms with Gasteiger partial charge in [-0.05, 0) is 12.1 Å². The summed E-state index contributed by atoms with van der Waals surface area (Å²) in [5.74, 6) is -1.92. The normalized spacial score (nSPS) is 15.0. The summed E-state index contributed by atoms with van der Waals surface area (Å²) in [6.07, 6.45) is 0. The number of fused-ring (bicyclic) bond motifs is 1. The van der Waals surface area contributed by atoms with Gasteiger partial charge in [0, 0.05) is 13.6 Å². The zero-order valence-corrected chi connectivity index (χ0v) is 11.9. The fourth-order valence-electron chi connectivity index (χ4n) is 2.18. The number of hydrogen-bond donors (Lipinski definition) is 2. The molecule has 0 spiro atoms. The molecule has 1 aromatic rings. The van der Waals surface area contributed by atoms with Gasteiger partial charge in [0.25, 0.3) is 0 Å². The zero-order valence-electron chi connectivity index (χ0n) is 11.9. The van der Waals surface area contributed by atoms with Gasteiger partial charge in [-0.3, -0.25) is 14.5 Å². The lowest BCUT2D eigenvalue weighted by molar-refractivity contribution is -0.141. The van der Waals surface area contributed by atoms with E-state index in [4.69, 9.17) is 5.11 Å². The van der Waals surface area contributed by atoms with Gasteiger partial charge in [0.2, 0.25) is 5.91 Å². The average Bonchev–Trinajstić information content (AvgIpc) is 2.45. The van der Waals surface area contributed by atoms with Crippen molar-refractivity contribution < 1.29 is 19.5 Å². The summed E-state index contributed by atoms with van der Waals surface area (Å²) in [5.41, 5.74) is 1.18. The summed E-state index contributed by atoms with van der Waals surface area (Å²) in [7, 11) is 1.52. The Morgan fingerprint density at radius 1 is 1.43 bits per heavy atom. The number of nitrogens with zero attached hydrogens (tertiary/aromatic N) is 2. The minimum Gasteiger partial charge on any atom is -0.481 e. The Morgan fingerprint density at radius 3 is 2.76 bits per heavy atom. The Kier molecular flexibility index (Phi) is 4.11. The molecule has 0 radical (unpaired) electrons. The zero-order chi connectivity index (χ0) is 15.6. The van der Waals surface area contributed by atoms with Gasteiger partial charge >= 0.3 is 12.0 Å². The fraction of sp³-hybridized carbons (Fsp3) is 0.357. The third kappa shape index (κ3) is 3.13. The Balaban J connectivity index is 2.19. The summed E-state index contributed by atoms with van der Waals surface area (Å²) >= 11 is 0. The van der Waals surface area contributed by atoms with Gasteiger partial charge in [0.05, 0.1) is 17.3 Å². The maximum absolute atomic E-state index is 12.4. The molecule has 0 bridgehead atoms. The molecule has 1 aliphatic rings. The number of amides is 3. The van der Waals surface area contributed by atoms with Gasteiger partial charge in [-0.15, -0.1) is 0 Å². The van der Waals surface area contributed by atoms with Gasteiger partial charge in [0.1, 0.15) is 6.54 Å². The number of carbonyl (C=O) groups excluding carboxylic acids is 2. The Hall–Kier alpha value is -2.57. The number of carbonyl (C=O) groups is 3. The van der Waals surface area contributed by atoms with Crippen LogP contribution in [0.25, 0.3) is 0 Å². The molecule has 0 saturated carbocycles. The molecule has 7 heteroatoms. The minimum absolute atomic E-state index is 0.0778.